The number of aliphatic hydroxyl groups excluding tert-OH is 2. The van der Waals surface area contributed by atoms with E-state index in [0.717, 1.165) is 42.0 Å². The molecule has 0 aromatic heterocycles. The van der Waals surface area contributed by atoms with Gasteiger partial charge in [-0.2, -0.15) is 0 Å². The highest BCUT2D eigenvalue weighted by Crippen LogP contribution is 2.28. The van der Waals surface area contributed by atoms with E-state index in [1.807, 2.05) is 89.2 Å². The molecular weight excluding hydrogens is 618 g/mol. The Morgan fingerprint density at radius 3 is 2.16 bits per heavy atom. The van der Waals surface area contributed by atoms with Gasteiger partial charge in [0.1, 0.15) is 18.2 Å². The van der Waals surface area contributed by atoms with Crippen LogP contribution in [0.3, 0.4) is 0 Å². The van der Waals surface area contributed by atoms with Gasteiger partial charge in [-0.1, -0.05) is 109 Å². The first kappa shape index (κ1) is 40.2. The van der Waals surface area contributed by atoms with Gasteiger partial charge in [0, 0.05) is 20.1 Å². The van der Waals surface area contributed by atoms with Gasteiger partial charge in [-0.05, 0) is 67.4 Å². The normalized spacial score (nSPS) is 17.6. The van der Waals surface area contributed by atoms with Crippen LogP contribution >= 0.6 is 0 Å². The van der Waals surface area contributed by atoms with E-state index >= 15 is 0 Å². The summed E-state index contributed by atoms with van der Waals surface area (Å²) in [5.41, 5.74) is 0.914. The third-order valence-corrected chi connectivity index (χ3v) is 10.0. The summed E-state index contributed by atoms with van der Waals surface area (Å²) in [7, 11) is 5.61. The van der Waals surface area contributed by atoms with Gasteiger partial charge in [0.25, 0.3) is 0 Å². The van der Waals surface area contributed by atoms with E-state index in [1.54, 1.807) is 11.9 Å². The highest BCUT2D eigenvalue weighted by molar-refractivity contribution is 5.92. The van der Waals surface area contributed by atoms with Crippen molar-refractivity contribution in [3.63, 3.8) is 0 Å². The van der Waals surface area contributed by atoms with Gasteiger partial charge < -0.3 is 36.0 Å². The summed E-state index contributed by atoms with van der Waals surface area (Å²) < 4.78 is 0. The van der Waals surface area contributed by atoms with Gasteiger partial charge in [-0.3, -0.25) is 9.59 Å². The van der Waals surface area contributed by atoms with Gasteiger partial charge in [0.15, 0.2) is 0 Å². The molecule has 49 heavy (non-hydrogen) atoms. The van der Waals surface area contributed by atoms with E-state index in [0.29, 0.717) is 44.7 Å². The lowest BCUT2D eigenvalue weighted by Gasteiger charge is -2.33. The second-order valence-corrected chi connectivity index (χ2v) is 15.0. The Morgan fingerprint density at radius 2 is 1.53 bits per heavy atom. The van der Waals surface area contributed by atoms with Gasteiger partial charge in [0.05, 0.1) is 12.1 Å². The highest BCUT2D eigenvalue weighted by atomic mass is 16.3. The molecule has 0 saturated heterocycles. The zero-order valence-electron chi connectivity index (χ0n) is 31.0. The fourth-order valence-corrected chi connectivity index (χ4v) is 6.69. The first-order valence-corrected chi connectivity index (χ1v) is 18.4. The number of carbonyl (C=O) groups is 3. The molecule has 6 atom stereocenters. The molecule has 1 fully saturated rings. The average molecular weight is 682 g/mol. The van der Waals surface area contributed by atoms with E-state index in [1.165, 1.54) is 6.42 Å². The molecule has 0 aliphatic heterocycles. The van der Waals surface area contributed by atoms with Crippen LogP contribution in [0.2, 0.25) is 0 Å². The fraction of sp³-hybridized carbons (Fsp3) is 0.667. The summed E-state index contributed by atoms with van der Waals surface area (Å²) in [4.78, 5) is 44.9. The van der Waals surface area contributed by atoms with Crippen molar-refractivity contribution in [1.29, 1.82) is 0 Å². The van der Waals surface area contributed by atoms with E-state index in [2.05, 4.69) is 16.0 Å². The molecule has 10 heteroatoms. The van der Waals surface area contributed by atoms with Crippen LogP contribution in [-0.4, -0.2) is 102 Å². The van der Waals surface area contributed by atoms with Crippen molar-refractivity contribution in [2.24, 2.45) is 17.8 Å². The van der Waals surface area contributed by atoms with Crippen molar-refractivity contribution in [2.75, 3.05) is 34.2 Å². The Labute approximate surface area is 294 Å². The van der Waals surface area contributed by atoms with Crippen LogP contribution in [0.4, 0.5) is 4.79 Å². The lowest BCUT2D eigenvalue weighted by molar-refractivity contribution is -0.132. The predicted molar refractivity (Wildman–Crippen MR) is 197 cm³/mol. The molecule has 0 bridgehead atoms. The second-order valence-electron chi connectivity index (χ2n) is 15.0. The Balaban J connectivity index is 1.84. The molecule has 5 N–H and O–H groups in total. The number of amides is 4. The Hall–Kier alpha value is -3.21. The second kappa shape index (κ2) is 19.8. The van der Waals surface area contributed by atoms with Crippen LogP contribution in [-0.2, 0) is 16.0 Å². The Kier molecular flexibility index (Phi) is 16.3. The Bertz CT molecular complexity index is 1330. The zero-order chi connectivity index (χ0) is 36.1. The molecule has 2 aromatic rings. The number of carbonyl (C=O) groups excluding carboxylic acids is 3. The van der Waals surface area contributed by atoms with Crippen molar-refractivity contribution in [3.05, 3.63) is 48.0 Å². The topological polar surface area (TPSA) is 134 Å². The van der Waals surface area contributed by atoms with Gasteiger partial charge in [-0.25, -0.2) is 4.79 Å². The average Bonchev–Trinajstić information content (AvgIpc) is 3.08. The molecule has 274 valence electrons. The lowest BCUT2D eigenvalue weighted by Crippen LogP contribution is -2.60. The number of hydrogen-bond donors (Lipinski definition) is 5. The molecule has 10 nitrogen and oxygen atoms in total. The van der Waals surface area contributed by atoms with Crippen LogP contribution in [0.15, 0.2) is 42.5 Å². The van der Waals surface area contributed by atoms with Crippen LogP contribution < -0.4 is 16.0 Å². The summed E-state index contributed by atoms with van der Waals surface area (Å²) in [5, 5.41) is 33.5. The molecule has 0 heterocycles. The van der Waals surface area contributed by atoms with E-state index < -0.39 is 36.2 Å². The van der Waals surface area contributed by atoms with Crippen molar-refractivity contribution in [1.82, 2.24) is 25.8 Å². The van der Waals surface area contributed by atoms with Gasteiger partial charge in [-0.15, -0.1) is 0 Å². The number of rotatable bonds is 18. The fourth-order valence-electron chi connectivity index (χ4n) is 6.69. The van der Waals surface area contributed by atoms with Crippen LogP contribution in [0.25, 0.3) is 10.8 Å². The summed E-state index contributed by atoms with van der Waals surface area (Å²) in [5.74, 6) is -0.567. The summed E-state index contributed by atoms with van der Waals surface area (Å²) in [6.07, 6.45) is 4.98. The van der Waals surface area contributed by atoms with Crippen molar-refractivity contribution < 1.29 is 24.6 Å². The number of urea groups is 1. The maximum atomic E-state index is 14.1. The van der Waals surface area contributed by atoms with E-state index in [4.69, 9.17) is 0 Å². The lowest BCUT2D eigenvalue weighted by atomic mass is 9.84. The molecule has 1 aliphatic rings. The van der Waals surface area contributed by atoms with Crippen molar-refractivity contribution in [2.45, 2.75) is 116 Å². The third-order valence-electron chi connectivity index (χ3n) is 10.0. The van der Waals surface area contributed by atoms with Crippen LogP contribution in [0.1, 0.15) is 84.6 Å². The molecule has 0 spiro atoms. The number of aliphatic hydroxyl groups is 2. The maximum absolute atomic E-state index is 14.1. The number of nitrogens with zero attached hydrogens (tertiary/aromatic N) is 2. The quantitative estimate of drug-likeness (QED) is 0.155. The first-order chi connectivity index (χ1) is 23.3. The number of nitrogens with one attached hydrogen (secondary N) is 3. The van der Waals surface area contributed by atoms with Crippen molar-refractivity contribution >= 4 is 28.6 Å². The first-order valence-electron chi connectivity index (χ1n) is 18.4. The number of benzene rings is 2. The van der Waals surface area contributed by atoms with Crippen LogP contribution in [0, 0.1) is 17.8 Å². The van der Waals surface area contributed by atoms with Gasteiger partial charge >= 0.3 is 6.03 Å². The molecule has 1 aliphatic carbocycles. The van der Waals surface area contributed by atoms with Gasteiger partial charge in [0.2, 0.25) is 11.8 Å². The monoisotopic (exact) mass is 681 g/mol. The SMILES string of the molecule is CC[C@H](C)[C@H](NC(=O)[C@H](CC1CCCCC1)NC(=O)N(C)CCN(C)C)C(=O)N[C@@H](Cc1ccc2ccccc2c1)[C@@H](O)[C@@H](O)CC(C)C. The molecule has 4 amide bonds. The molecule has 1 saturated carbocycles. The number of likely N-dealkylation sites (N-methyl/N-ethyl adjacent to an activating group) is 2. The van der Waals surface area contributed by atoms with E-state index in [9.17, 15) is 24.6 Å². The smallest absolute Gasteiger partial charge is 0.317 e. The van der Waals surface area contributed by atoms with Crippen molar-refractivity contribution in [3.8, 4) is 0 Å². The largest absolute Gasteiger partial charge is 0.390 e. The molecule has 2 aromatic carbocycles. The molecule has 0 unspecified atom stereocenters. The molecular formula is C39H63N5O5. The zero-order valence-corrected chi connectivity index (χ0v) is 31.0. The third kappa shape index (κ3) is 12.9. The van der Waals surface area contributed by atoms with E-state index in [-0.39, 0.29) is 23.8 Å². The number of fused-ring (bicyclic) bond motifs is 1. The van der Waals surface area contributed by atoms with Crippen LogP contribution in [0.5, 0.6) is 0 Å². The minimum Gasteiger partial charge on any atom is -0.390 e. The predicted octanol–water partition coefficient (Wildman–Crippen LogP) is 4.71. The standard InChI is InChI=1S/C39H63N5O5/c1-8-27(4)35(42-37(47)33(24-28-14-10-9-11-15-28)41-39(49)44(7)21-20-43(5)6)38(48)40-32(36(46)34(45)22-26(2)3)25-29-18-19-30-16-12-13-17-31(30)23-29/h12-13,16-19,23,26-28,32-36,45-46H,8-11,14-15,20-22,24-25H2,1-7H3,(H,40,48)(H,41,49)(H,42,47)/t27-,32-,33-,34-,35-,36+/m0/s1. The minimum absolute atomic E-state index is 0.145. The molecule has 3 rings (SSSR count). The molecule has 0 radical (unpaired) electrons. The minimum atomic E-state index is -1.22. The number of hydrogen-bond acceptors (Lipinski definition) is 6. The summed E-state index contributed by atoms with van der Waals surface area (Å²) >= 11 is 0. The Morgan fingerprint density at radius 1 is 0.857 bits per heavy atom. The summed E-state index contributed by atoms with van der Waals surface area (Å²) in [6, 6.07) is 11.2. The summed E-state index contributed by atoms with van der Waals surface area (Å²) in [6.45, 7) is 9.03. The maximum Gasteiger partial charge on any atom is 0.317 e. The highest BCUT2D eigenvalue weighted by Gasteiger charge is 2.35.